The molecule has 0 spiro atoms. The number of unbranched alkanes of at least 4 members (excludes halogenated alkanes) is 1. The zero-order chi connectivity index (χ0) is 19.0. The first-order valence-electron chi connectivity index (χ1n) is 7.55. The maximum Gasteiger partial charge on any atom is 0.405 e. The highest BCUT2D eigenvalue weighted by atomic mass is 35.5. The van der Waals surface area contributed by atoms with Gasteiger partial charge in [0.15, 0.2) is 6.61 Å². The number of alkyl halides is 3. The Bertz CT molecular complexity index is 642. The number of hydrogen-bond donors (Lipinski definition) is 1. The summed E-state index contributed by atoms with van der Waals surface area (Å²) in [6.45, 7) is 2.12. The second-order valence-electron chi connectivity index (χ2n) is 5.20. The molecule has 0 saturated heterocycles. The molecule has 140 valence electrons. The molecular weight excluding hydrogens is 363 g/mol. The van der Waals surface area contributed by atoms with Gasteiger partial charge in [-0.1, -0.05) is 24.9 Å². The van der Waals surface area contributed by atoms with E-state index in [0.29, 0.717) is 23.0 Å². The van der Waals surface area contributed by atoms with Gasteiger partial charge in [-0.2, -0.15) is 18.3 Å². The van der Waals surface area contributed by atoms with Crippen LogP contribution in [0.4, 0.5) is 13.2 Å². The molecule has 0 fully saturated rings. The van der Waals surface area contributed by atoms with Crippen molar-refractivity contribution in [2.75, 3.05) is 13.2 Å². The van der Waals surface area contributed by atoms with Crippen molar-refractivity contribution in [3.63, 3.8) is 0 Å². The summed E-state index contributed by atoms with van der Waals surface area (Å²) >= 11 is 6.19. The van der Waals surface area contributed by atoms with Gasteiger partial charge >= 0.3 is 12.1 Å². The Kier molecular flexibility index (Phi) is 7.95. The first-order chi connectivity index (χ1) is 11.6. The predicted octanol–water partition coefficient (Wildman–Crippen LogP) is 2.88. The normalized spacial score (nSPS) is 11.8. The summed E-state index contributed by atoms with van der Waals surface area (Å²) in [5, 5.41) is 6.22. The van der Waals surface area contributed by atoms with E-state index in [1.807, 2.05) is 6.92 Å². The standard InChI is InChI=1S/C15H19ClF3N3O3/c1-3-4-7-22-14(16)11(10(2)21-22)5-6-13(24)25-8-12(23)20-9-15(17,18)19/h5-6H,3-4,7-9H2,1-2H3,(H,20,23)/b6-5+. The number of hydrogen-bond acceptors (Lipinski definition) is 4. The number of halogens is 4. The molecule has 1 rings (SSSR count). The highest BCUT2D eigenvalue weighted by molar-refractivity contribution is 6.31. The van der Waals surface area contributed by atoms with Gasteiger partial charge in [-0.05, 0) is 19.4 Å². The van der Waals surface area contributed by atoms with Crippen molar-refractivity contribution >= 4 is 29.6 Å². The summed E-state index contributed by atoms with van der Waals surface area (Å²) in [7, 11) is 0. The number of esters is 1. The van der Waals surface area contributed by atoms with Crippen LogP contribution in [0.25, 0.3) is 6.08 Å². The molecule has 0 aliphatic rings. The van der Waals surface area contributed by atoms with E-state index >= 15 is 0 Å². The molecule has 1 N–H and O–H groups in total. The van der Waals surface area contributed by atoms with E-state index in [9.17, 15) is 22.8 Å². The van der Waals surface area contributed by atoms with E-state index in [1.165, 1.54) is 6.08 Å². The van der Waals surface area contributed by atoms with Crippen LogP contribution in [0.3, 0.4) is 0 Å². The SMILES string of the molecule is CCCCn1nc(C)c(/C=C/C(=O)OCC(=O)NCC(F)(F)F)c1Cl. The lowest BCUT2D eigenvalue weighted by atomic mass is 10.2. The Morgan fingerprint density at radius 3 is 2.68 bits per heavy atom. The van der Waals surface area contributed by atoms with E-state index in [4.69, 9.17) is 11.6 Å². The summed E-state index contributed by atoms with van der Waals surface area (Å²) in [6, 6.07) is 0. The Morgan fingerprint density at radius 2 is 2.08 bits per heavy atom. The third-order valence-electron chi connectivity index (χ3n) is 3.05. The topological polar surface area (TPSA) is 73.2 Å². The lowest BCUT2D eigenvalue weighted by Gasteiger charge is -2.07. The van der Waals surface area contributed by atoms with Crippen molar-refractivity contribution in [3.8, 4) is 0 Å². The van der Waals surface area contributed by atoms with Gasteiger partial charge in [0.25, 0.3) is 5.91 Å². The zero-order valence-electron chi connectivity index (χ0n) is 13.8. The van der Waals surface area contributed by atoms with E-state index < -0.39 is 31.2 Å². The second-order valence-corrected chi connectivity index (χ2v) is 5.56. The van der Waals surface area contributed by atoms with Crippen molar-refractivity contribution in [1.82, 2.24) is 15.1 Å². The molecule has 1 aromatic heterocycles. The lowest BCUT2D eigenvalue weighted by molar-refractivity contribution is -0.148. The minimum Gasteiger partial charge on any atom is -0.452 e. The van der Waals surface area contributed by atoms with Crippen LogP contribution in [-0.2, 0) is 20.9 Å². The predicted molar refractivity (Wildman–Crippen MR) is 85.9 cm³/mol. The quantitative estimate of drug-likeness (QED) is 0.555. The van der Waals surface area contributed by atoms with Crippen molar-refractivity contribution in [3.05, 3.63) is 22.5 Å². The second kappa shape index (κ2) is 9.45. The Labute approximate surface area is 148 Å². The average Bonchev–Trinajstić information content (AvgIpc) is 2.80. The first kappa shape index (κ1) is 21.0. The number of aromatic nitrogens is 2. The lowest BCUT2D eigenvalue weighted by Crippen LogP contribution is -2.36. The van der Waals surface area contributed by atoms with Crippen LogP contribution >= 0.6 is 11.6 Å². The molecule has 0 unspecified atom stereocenters. The van der Waals surface area contributed by atoms with Crippen molar-refractivity contribution in [2.24, 2.45) is 0 Å². The molecule has 0 bridgehead atoms. The number of carbonyl (C=O) groups is 2. The molecular formula is C15H19ClF3N3O3. The van der Waals surface area contributed by atoms with Crippen LogP contribution in [0.5, 0.6) is 0 Å². The molecule has 0 aliphatic heterocycles. The highest BCUT2D eigenvalue weighted by Gasteiger charge is 2.27. The number of carbonyl (C=O) groups excluding carboxylic acids is 2. The van der Waals surface area contributed by atoms with Gasteiger partial charge in [0.2, 0.25) is 0 Å². The number of ether oxygens (including phenoxy) is 1. The monoisotopic (exact) mass is 381 g/mol. The van der Waals surface area contributed by atoms with Crippen LogP contribution in [0.1, 0.15) is 31.0 Å². The van der Waals surface area contributed by atoms with Gasteiger partial charge in [-0.3, -0.25) is 9.48 Å². The van der Waals surface area contributed by atoms with Crippen LogP contribution < -0.4 is 5.32 Å². The van der Waals surface area contributed by atoms with Crippen molar-refractivity contribution in [2.45, 2.75) is 39.4 Å². The van der Waals surface area contributed by atoms with Gasteiger partial charge in [-0.25, -0.2) is 4.79 Å². The summed E-state index contributed by atoms with van der Waals surface area (Å²) in [5.41, 5.74) is 1.16. The number of amides is 1. The van der Waals surface area contributed by atoms with Crippen molar-refractivity contribution in [1.29, 1.82) is 0 Å². The van der Waals surface area contributed by atoms with Gasteiger partial charge in [0.05, 0.1) is 5.69 Å². The van der Waals surface area contributed by atoms with Crippen LogP contribution in [-0.4, -0.2) is 41.0 Å². The minimum atomic E-state index is -4.52. The summed E-state index contributed by atoms with van der Waals surface area (Å²) in [4.78, 5) is 22.7. The molecule has 1 heterocycles. The van der Waals surface area contributed by atoms with Crippen LogP contribution in [0.15, 0.2) is 6.08 Å². The molecule has 1 amide bonds. The van der Waals surface area contributed by atoms with E-state index in [-0.39, 0.29) is 0 Å². The van der Waals surface area contributed by atoms with Gasteiger partial charge in [0, 0.05) is 18.2 Å². The molecule has 1 aromatic rings. The smallest absolute Gasteiger partial charge is 0.405 e. The van der Waals surface area contributed by atoms with E-state index in [1.54, 1.807) is 16.9 Å². The molecule has 0 atom stereocenters. The summed E-state index contributed by atoms with van der Waals surface area (Å²) in [5.74, 6) is -1.92. The Balaban J connectivity index is 2.54. The molecule has 0 saturated carbocycles. The van der Waals surface area contributed by atoms with Gasteiger partial charge < -0.3 is 10.1 Å². The van der Waals surface area contributed by atoms with E-state index in [0.717, 1.165) is 18.9 Å². The van der Waals surface area contributed by atoms with E-state index in [2.05, 4.69) is 9.84 Å². The fraction of sp³-hybridized carbons (Fsp3) is 0.533. The summed E-state index contributed by atoms with van der Waals surface area (Å²) < 4.78 is 42.0. The van der Waals surface area contributed by atoms with Crippen molar-refractivity contribution < 1.29 is 27.5 Å². The zero-order valence-corrected chi connectivity index (χ0v) is 14.6. The molecule has 0 radical (unpaired) electrons. The Morgan fingerprint density at radius 1 is 1.40 bits per heavy atom. The maximum atomic E-state index is 11.9. The number of aryl methyl sites for hydroxylation is 2. The number of rotatable bonds is 8. The average molecular weight is 382 g/mol. The fourth-order valence-corrected chi connectivity index (χ4v) is 2.12. The highest BCUT2D eigenvalue weighted by Crippen LogP contribution is 2.21. The molecule has 10 heteroatoms. The molecule has 25 heavy (non-hydrogen) atoms. The van der Waals surface area contributed by atoms with Gasteiger partial charge in [0.1, 0.15) is 11.7 Å². The number of nitrogens with one attached hydrogen (secondary N) is 1. The third kappa shape index (κ3) is 7.59. The molecule has 6 nitrogen and oxygen atoms in total. The Hall–Kier alpha value is -2.03. The maximum absolute atomic E-state index is 11.9. The summed E-state index contributed by atoms with van der Waals surface area (Å²) in [6.07, 6.45) is -0.214. The molecule has 0 aromatic carbocycles. The molecule has 0 aliphatic carbocycles. The largest absolute Gasteiger partial charge is 0.452 e. The first-order valence-corrected chi connectivity index (χ1v) is 7.93. The van der Waals surface area contributed by atoms with Crippen LogP contribution in [0.2, 0.25) is 5.15 Å². The van der Waals surface area contributed by atoms with Gasteiger partial charge in [-0.15, -0.1) is 0 Å². The van der Waals surface area contributed by atoms with Crippen LogP contribution in [0, 0.1) is 6.92 Å². The third-order valence-corrected chi connectivity index (χ3v) is 3.45. The fourth-order valence-electron chi connectivity index (χ4n) is 1.80. The number of nitrogens with zero attached hydrogens (tertiary/aromatic N) is 2. The minimum absolute atomic E-state index is 0.373.